The second-order valence-electron chi connectivity index (χ2n) is 5.25. The molecule has 22 heavy (non-hydrogen) atoms. The topological polar surface area (TPSA) is 47.9 Å². The van der Waals surface area contributed by atoms with Crippen molar-refractivity contribution >= 4 is 0 Å². The zero-order valence-corrected chi connectivity index (χ0v) is 12.1. The predicted molar refractivity (Wildman–Crippen MR) is 84.3 cm³/mol. The quantitative estimate of drug-likeness (QED) is 0.809. The third-order valence-corrected chi connectivity index (χ3v) is 3.94. The molecule has 4 nitrogen and oxygen atoms in total. The largest absolute Gasteiger partial charge is 0.348 e. The molecule has 0 bridgehead atoms. The molecule has 0 N–H and O–H groups in total. The fraction of sp³-hybridized carbons (Fsp3) is 0.222. The fourth-order valence-corrected chi connectivity index (χ4v) is 2.77. The SMILES string of the molecule is O=N/C=C/C1OCC(c2ccccc2)(c2ccccc2)CO1. The van der Waals surface area contributed by atoms with E-state index in [1.54, 1.807) is 0 Å². The van der Waals surface area contributed by atoms with E-state index in [9.17, 15) is 4.91 Å². The van der Waals surface area contributed by atoms with Crippen molar-refractivity contribution in [3.8, 4) is 0 Å². The van der Waals surface area contributed by atoms with Gasteiger partial charge in [-0.15, -0.1) is 4.91 Å². The number of ether oxygens (including phenoxy) is 2. The number of nitrogens with zero attached hydrogens (tertiary/aromatic N) is 1. The lowest BCUT2D eigenvalue weighted by Gasteiger charge is -2.40. The smallest absolute Gasteiger partial charge is 0.178 e. The average Bonchev–Trinajstić information content (AvgIpc) is 2.62. The van der Waals surface area contributed by atoms with Crippen molar-refractivity contribution in [1.82, 2.24) is 0 Å². The van der Waals surface area contributed by atoms with E-state index in [4.69, 9.17) is 9.47 Å². The first-order valence-corrected chi connectivity index (χ1v) is 7.18. The molecule has 1 aliphatic rings. The Morgan fingerprint density at radius 3 is 1.86 bits per heavy atom. The lowest BCUT2D eigenvalue weighted by Crippen LogP contribution is -2.45. The Bertz CT molecular complexity index is 590. The van der Waals surface area contributed by atoms with Crippen LogP contribution < -0.4 is 0 Å². The molecule has 0 saturated carbocycles. The Labute approximate surface area is 129 Å². The van der Waals surface area contributed by atoms with Gasteiger partial charge in [-0.1, -0.05) is 60.7 Å². The van der Waals surface area contributed by atoms with Gasteiger partial charge in [0.05, 0.1) is 24.8 Å². The van der Waals surface area contributed by atoms with E-state index in [0.717, 1.165) is 17.3 Å². The Hall–Kier alpha value is -2.30. The van der Waals surface area contributed by atoms with Gasteiger partial charge >= 0.3 is 0 Å². The first-order chi connectivity index (χ1) is 10.8. The summed E-state index contributed by atoms with van der Waals surface area (Å²) in [5.41, 5.74) is 1.95. The summed E-state index contributed by atoms with van der Waals surface area (Å²) in [6, 6.07) is 20.4. The van der Waals surface area contributed by atoms with Crippen molar-refractivity contribution in [2.24, 2.45) is 5.18 Å². The Kier molecular flexibility index (Phi) is 4.42. The van der Waals surface area contributed by atoms with Crippen LogP contribution in [0.5, 0.6) is 0 Å². The monoisotopic (exact) mass is 295 g/mol. The van der Waals surface area contributed by atoms with Crippen LogP contribution in [0.4, 0.5) is 0 Å². The molecular formula is C18H17NO3. The van der Waals surface area contributed by atoms with Crippen molar-refractivity contribution in [1.29, 1.82) is 0 Å². The molecule has 2 aromatic rings. The first kappa shape index (κ1) is 14.6. The van der Waals surface area contributed by atoms with Gasteiger partial charge in [0, 0.05) is 0 Å². The highest BCUT2D eigenvalue weighted by molar-refractivity contribution is 5.40. The van der Waals surface area contributed by atoms with Crippen molar-refractivity contribution in [2.75, 3.05) is 13.2 Å². The molecule has 3 rings (SSSR count). The third-order valence-electron chi connectivity index (χ3n) is 3.94. The lowest BCUT2D eigenvalue weighted by molar-refractivity contribution is -0.176. The molecule has 112 valence electrons. The summed E-state index contributed by atoms with van der Waals surface area (Å²) in [7, 11) is 0. The molecule has 0 atom stereocenters. The second-order valence-corrected chi connectivity index (χ2v) is 5.25. The van der Waals surface area contributed by atoms with Gasteiger partial charge in [-0.25, -0.2) is 0 Å². The van der Waals surface area contributed by atoms with Crippen LogP contribution in [0.1, 0.15) is 11.1 Å². The van der Waals surface area contributed by atoms with Crippen LogP contribution in [0.2, 0.25) is 0 Å². The molecule has 1 aliphatic heterocycles. The minimum Gasteiger partial charge on any atom is -0.348 e. The van der Waals surface area contributed by atoms with Crippen molar-refractivity contribution < 1.29 is 9.47 Å². The molecule has 1 heterocycles. The maximum Gasteiger partial charge on any atom is 0.178 e. The predicted octanol–water partition coefficient (Wildman–Crippen LogP) is 3.63. The summed E-state index contributed by atoms with van der Waals surface area (Å²) in [4.78, 5) is 10.2. The summed E-state index contributed by atoms with van der Waals surface area (Å²) >= 11 is 0. The van der Waals surface area contributed by atoms with Gasteiger partial charge in [0.25, 0.3) is 0 Å². The summed E-state index contributed by atoms with van der Waals surface area (Å²) in [6.07, 6.45) is 2.15. The Morgan fingerprint density at radius 1 is 0.909 bits per heavy atom. The van der Waals surface area contributed by atoms with Crippen LogP contribution in [-0.4, -0.2) is 19.5 Å². The highest BCUT2D eigenvalue weighted by atomic mass is 16.7. The van der Waals surface area contributed by atoms with E-state index in [1.165, 1.54) is 6.08 Å². The molecule has 0 aliphatic carbocycles. The van der Waals surface area contributed by atoms with Crippen molar-refractivity contribution in [3.05, 3.63) is 89.0 Å². The van der Waals surface area contributed by atoms with Gasteiger partial charge in [0.1, 0.15) is 0 Å². The van der Waals surface area contributed by atoms with Crippen molar-refractivity contribution in [2.45, 2.75) is 11.7 Å². The summed E-state index contributed by atoms with van der Waals surface area (Å²) in [5.74, 6) is 0. The number of nitroso groups, excluding NO2 is 1. The maximum absolute atomic E-state index is 10.2. The van der Waals surface area contributed by atoms with Gasteiger partial charge in [-0.2, -0.15) is 0 Å². The standard InChI is InChI=1S/C18H17NO3/c20-19-12-11-17-21-13-18(14-22-17,15-7-3-1-4-8-15)16-9-5-2-6-10-16/h1-12,17H,13-14H2/b12-11+. The molecule has 0 amide bonds. The van der Waals surface area contributed by atoms with Crippen LogP contribution >= 0.6 is 0 Å². The van der Waals surface area contributed by atoms with E-state index in [-0.39, 0.29) is 5.41 Å². The minimum atomic E-state index is -0.529. The summed E-state index contributed by atoms with van der Waals surface area (Å²) in [5, 5.41) is 2.69. The number of hydrogen-bond donors (Lipinski definition) is 0. The van der Waals surface area contributed by atoms with Crippen LogP contribution in [-0.2, 0) is 14.9 Å². The highest BCUT2D eigenvalue weighted by Gasteiger charge is 2.39. The number of rotatable bonds is 4. The fourth-order valence-electron chi connectivity index (χ4n) is 2.77. The van der Waals surface area contributed by atoms with Crippen LogP contribution in [0.15, 0.2) is 78.1 Å². The molecule has 1 fully saturated rings. The van der Waals surface area contributed by atoms with E-state index in [1.807, 2.05) is 36.4 Å². The van der Waals surface area contributed by atoms with E-state index < -0.39 is 6.29 Å². The number of hydrogen-bond acceptors (Lipinski definition) is 4. The van der Waals surface area contributed by atoms with Gasteiger partial charge in [0.15, 0.2) is 6.29 Å². The molecule has 0 spiro atoms. The summed E-state index contributed by atoms with van der Waals surface area (Å²) in [6.45, 7) is 0.962. The maximum atomic E-state index is 10.2. The van der Waals surface area contributed by atoms with E-state index >= 15 is 0 Å². The highest BCUT2D eigenvalue weighted by Crippen LogP contribution is 2.36. The molecule has 1 saturated heterocycles. The third kappa shape index (κ3) is 2.84. The van der Waals surface area contributed by atoms with Gasteiger partial charge < -0.3 is 9.47 Å². The number of benzene rings is 2. The molecule has 4 heteroatoms. The van der Waals surface area contributed by atoms with Crippen molar-refractivity contribution in [3.63, 3.8) is 0 Å². The van der Waals surface area contributed by atoms with Crippen LogP contribution in [0.25, 0.3) is 0 Å². The Balaban J connectivity index is 1.93. The van der Waals surface area contributed by atoms with Gasteiger partial charge in [-0.05, 0) is 22.4 Å². The van der Waals surface area contributed by atoms with E-state index in [2.05, 4.69) is 29.4 Å². The minimum absolute atomic E-state index is 0.346. The molecule has 0 radical (unpaired) electrons. The zero-order chi connectivity index (χ0) is 15.3. The molecule has 0 aromatic heterocycles. The first-order valence-electron chi connectivity index (χ1n) is 7.18. The molecule has 2 aromatic carbocycles. The average molecular weight is 295 g/mol. The molecular weight excluding hydrogens is 278 g/mol. The normalized spacial score (nSPS) is 18.4. The van der Waals surface area contributed by atoms with Gasteiger partial charge in [-0.3, -0.25) is 0 Å². The lowest BCUT2D eigenvalue weighted by atomic mass is 9.75. The van der Waals surface area contributed by atoms with Gasteiger partial charge in [0.2, 0.25) is 0 Å². The second kappa shape index (κ2) is 6.64. The zero-order valence-electron chi connectivity index (χ0n) is 12.1. The van der Waals surface area contributed by atoms with E-state index in [0.29, 0.717) is 13.2 Å². The molecule has 0 unspecified atom stereocenters. The van der Waals surface area contributed by atoms with Crippen LogP contribution in [0, 0.1) is 4.91 Å². The summed E-state index contributed by atoms with van der Waals surface area (Å²) < 4.78 is 11.6. The Morgan fingerprint density at radius 2 is 1.41 bits per heavy atom. The van der Waals surface area contributed by atoms with Crippen LogP contribution in [0.3, 0.4) is 0 Å².